The Morgan fingerprint density at radius 2 is 1.90 bits per heavy atom. The predicted octanol–water partition coefficient (Wildman–Crippen LogP) is 4.35. The van der Waals surface area contributed by atoms with Crippen LogP contribution in [0.5, 0.6) is 0 Å². The number of hydrogen-bond donors (Lipinski definition) is 3. The Balaban J connectivity index is 2.11. The maximum absolute atomic E-state index is 11.1. The molecule has 9 heteroatoms. The minimum absolute atomic E-state index is 0.163. The Morgan fingerprint density at radius 3 is 2.57 bits per heavy atom. The second-order valence-corrected chi connectivity index (χ2v) is 7.09. The number of halogens is 1. The maximum Gasteiger partial charge on any atom is 0.288 e. The predicted molar refractivity (Wildman–Crippen MR) is 119 cm³/mol. The van der Waals surface area contributed by atoms with E-state index in [1.54, 1.807) is 59.4 Å². The SMILES string of the molecule is O=[N+]([O-])c1cccc(/C(O)=C(/C(=S)Nc2ccc(Cl)cc2)[n+]2cccc(CO)c2)c1. The van der Waals surface area contributed by atoms with Gasteiger partial charge in [-0.25, -0.2) is 0 Å². The summed E-state index contributed by atoms with van der Waals surface area (Å²) in [5.74, 6) is -0.259. The summed E-state index contributed by atoms with van der Waals surface area (Å²) in [5, 5.41) is 35.2. The number of non-ortho nitro benzene ring substituents is 1. The lowest BCUT2D eigenvalue weighted by Gasteiger charge is -2.11. The number of hydrogen-bond acceptors (Lipinski definition) is 5. The number of benzene rings is 2. The molecule has 0 bridgehead atoms. The first-order valence-corrected chi connectivity index (χ1v) is 9.54. The van der Waals surface area contributed by atoms with Crippen LogP contribution in [0.4, 0.5) is 11.4 Å². The summed E-state index contributed by atoms with van der Waals surface area (Å²) in [7, 11) is 0. The molecule has 3 rings (SSSR count). The standard InChI is InChI=1S/C21H16ClN3O4S/c22-16-6-8-17(9-7-16)23-21(30)19(24-10-2-3-14(12-24)13-26)20(27)15-4-1-5-18(11-15)25(28)29/h1-12,26H,13H2,(H-,23,27,30)/p+1. The van der Waals surface area contributed by atoms with Crippen LogP contribution < -0.4 is 9.88 Å². The lowest BCUT2D eigenvalue weighted by atomic mass is 10.1. The zero-order chi connectivity index (χ0) is 21.7. The van der Waals surface area contributed by atoms with Gasteiger partial charge in [0, 0.05) is 40.0 Å². The third kappa shape index (κ3) is 4.98. The summed E-state index contributed by atoms with van der Waals surface area (Å²) in [4.78, 5) is 10.8. The van der Waals surface area contributed by atoms with Crippen molar-refractivity contribution >= 4 is 51.6 Å². The van der Waals surface area contributed by atoms with Gasteiger partial charge in [0.2, 0.25) is 0 Å². The third-order valence-electron chi connectivity index (χ3n) is 4.17. The van der Waals surface area contributed by atoms with Gasteiger partial charge in [0.05, 0.1) is 11.5 Å². The molecule has 0 spiro atoms. The van der Waals surface area contributed by atoms with E-state index in [0.717, 1.165) is 0 Å². The van der Waals surface area contributed by atoms with E-state index in [-0.39, 0.29) is 34.3 Å². The van der Waals surface area contributed by atoms with E-state index >= 15 is 0 Å². The van der Waals surface area contributed by atoms with Crippen LogP contribution in [0, 0.1) is 10.1 Å². The molecule has 2 aromatic carbocycles. The normalized spacial score (nSPS) is 11.5. The lowest BCUT2D eigenvalue weighted by molar-refractivity contribution is -0.576. The van der Waals surface area contributed by atoms with Crippen molar-refractivity contribution in [3.8, 4) is 0 Å². The highest BCUT2D eigenvalue weighted by Gasteiger charge is 2.25. The van der Waals surface area contributed by atoms with Crippen LogP contribution in [-0.4, -0.2) is 20.1 Å². The number of nitro benzene ring substituents is 1. The molecule has 0 radical (unpaired) electrons. The highest BCUT2D eigenvalue weighted by molar-refractivity contribution is 7.81. The Kier molecular flexibility index (Phi) is 6.73. The zero-order valence-electron chi connectivity index (χ0n) is 15.5. The van der Waals surface area contributed by atoms with Crippen LogP contribution in [-0.2, 0) is 6.61 Å². The van der Waals surface area contributed by atoms with E-state index in [1.807, 2.05) is 0 Å². The van der Waals surface area contributed by atoms with Gasteiger partial charge in [-0.15, -0.1) is 0 Å². The Labute approximate surface area is 182 Å². The monoisotopic (exact) mass is 442 g/mol. The fraction of sp³-hybridized carbons (Fsp3) is 0.0476. The van der Waals surface area contributed by atoms with Crippen LogP contribution in [0.2, 0.25) is 5.02 Å². The molecule has 3 aromatic rings. The van der Waals surface area contributed by atoms with E-state index < -0.39 is 4.92 Å². The van der Waals surface area contributed by atoms with E-state index in [2.05, 4.69) is 5.32 Å². The topological polar surface area (TPSA) is 99.5 Å². The highest BCUT2D eigenvalue weighted by atomic mass is 35.5. The minimum Gasteiger partial charge on any atom is -0.502 e. The molecular weight excluding hydrogens is 426 g/mol. The fourth-order valence-electron chi connectivity index (χ4n) is 2.73. The molecule has 0 unspecified atom stereocenters. The summed E-state index contributed by atoms with van der Waals surface area (Å²) in [6.45, 7) is -0.205. The largest absolute Gasteiger partial charge is 0.502 e. The molecule has 30 heavy (non-hydrogen) atoms. The summed E-state index contributed by atoms with van der Waals surface area (Å²) >= 11 is 11.5. The van der Waals surface area contributed by atoms with Crippen LogP contribution in [0.15, 0.2) is 73.1 Å². The minimum atomic E-state index is -0.541. The summed E-state index contributed by atoms with van der Waals surface area (Å²) < 4.78 is 1.55. The van der Waals surface area contributed by atoms with Gasteiger partial charge in [-0.2, -0.15) is 4.57 Å². The van der Waals surface area contributed by atoms with Crippen molar-refractivity contribution < 1.29 is 19.7 Å². The lowest BCUT2D eigenvalue weighted by Crippen LogP contribution is -2.39. The van der Waals surface area contributed by atoms with Gasteiger partial charge >= 0.3 is 0 Å². The van der Waals surface area contributed by atoms with E-state index in [0.29, 0.717) is 16.3 Å². The van der Waals surface area contributed by atoms with Gasteiger partial charge in [0.15, 0.2) is 23.1 Å². The first kappa shape index (κ1) is 21.4. The molecule has 7 nitrogen and oxygen atoms in total. The molecule has 0 atom stereocenters. The van der Waals surface area contributed by atoms with Crippen LogP contribution >= 0.6 is 23.8 Å². The highest BCUT2D eigenvalue weighted by Crippen LogP contribution is 2.23. The van der Waals surface area contributed by atoms with Gasteiger partial charge in [0.1, 0.15) is 0 Å². The van der Waals surface area contributed by atoms with Crippen LogP contribution in [0.3, 0.4) is 0 Å². The quantitative estimate of drug-likeness (QED) is 0.131. The molecular formula is C21H17ClN3O4S+. The zero-order valence-corrected chi connectivity index (χ0v) is 17.1. The van der Waals surface area contributed by atoms with Crippen molar-refractivity contribution in [2.24, 2.45) is 0 Å². The molecule has 0 aliphatic rings. The Bertz CT molecular complexity index is 1130. The Hall–Kier alpha value is -3.33. The summed E-state index contributed by atoms with van der Waals surface area (Å²) in [6, 6.07) is 15.9. The number of thiocarbonyl (C=S) groups is 1. The van der Waals surface area contributed by atoms with Crippen molar-refractivity contribution in [3.05, 3.63) is 99.3 Å². The Morgan fingerprint density at radius 1 is 1.17 bits per heavy atom. The van der Waals surface area contributed by atoms with E-state index in [4.69, 9.17) is 23.8 Å². The van der Waals surface area contributed by atoms with E-state index in [1.165, 1.54) is 18.2 Å². The van der Waals surface area contributed by atoms with Crippen molar-refractivity contribution in [3.63, 3.8) is 0 Å². The first-order valence-electron chi connectivity index (χ1n) is 8.75. The average molecular weight is 443 g/mol. The fourth-order valence-corrected chi connectivity index (χ4v) is 3.18. The first-order chi connectivity index (χ1) is 14.4. The molecule has 0 saturated heterocycles. The summed E-state index contributed by atoms with van der Waals surface area (Å²) in [5.41, 5.74) is 1.49. The van der Waals surface area contributed by atoms with Gasteiger partial charge in [0.25, 0.3) is 11.4 Å². The second kappa shape index (κ2) is 9.45. The van der Waals surface area contributed by atoms with Gasteiger partial charge in [-0.05, 0) is 30.3 Å². The second-order valence-electron chi connectivity index (χ2n) is 6.24. The number of aliphatic hydroxyl groups excluding tert-OH is 2. The number of nitrogens with zero attached hydrogens (tertiary/aromatic N) is 2. The van der Waals surface area contributed by atoms with Gasteiger partial charge in [-0.1, -0.05) is 36.0 Å². The maximum atomic E-state index is 11.1. The van der Waals surface area contributed by atoms with Gasteiger partial charge in [-0.3, -0.25) is 10.1 Å². The number of anilines is 1. The third-order valence-corrected chi connectivity index (χ3v) is 4.72. The molecule has 0 aliphatic heterocycles. The van der Waals surface area contributed by atoms with Crippen molar-refractivity contribution in [1.82, 2.24) is 0 Å². The van der Waals surface area contributed by atoms with Crippen molar-refractivity contribution in [1.29, 1.82) is 0 Å². The number of pyridine rings is 1. The van der Waals surface area contributed by atoms with Gasteiger partial charge < -0.3 is 15.5 Å². The number of aliphatic hydroxyl groups is 2. The molecule has 0 saturated carbocycles. The number of rotatable bonds is 6. The molecule has 0 aliphatic carbocycles. The van der Waals surface area contributed by atoms with Crippen molar-refractivity contribution in [2.45, 2.75) is 6.61 Å². The van der Waals surface area contributed by atoms with Crippen molar-refractivity contribution in [2.75, 3.05) is 5.32 Å². The van der Waals surface area contributed by atoms with E-state index in [9.17, 15) is 20.3 Å². The molecule has 152 valence electrons. The number of nitro groups is 1. The molecule has 0 fully saturated rings. The van der Waals surface area contributed by atoms with Crippen LogP contribution in [0.1, 0.15) is 11.1 Å². The number of aromatic nitrogens is 1. The summed E-state index contributed by atoms with van der Waals surface area (Å²) in [6.07, 6.45) is 3.26. The molecule has 1 aromatic heterocycles. The average Bonchev–Trinajstić information content (AvgIpc) is 2.75. The molecule has 3 N–H and O–H groups in total. The smallest absolute Gasteiger partial charge is 0.288 e. The molecule has 1 heterocycles. The van der Waals surface area contributed by atoms with Crippen LogP contribution in [0.25, 0.3) is 11.5 Å². The number of nitrogens with one attached hydrogen (secondary N) is 1. The molecule has 0 amide bonds.